The molecular weight excluding hydrogens is 1070 g/mol. The number of hydrogen-bond acceptors (Lipinski definition) is 6. The van der Waals surface area contributed by atoms with Gasteiger partial charge in [0.15, 0.2) is 0 Å². The number of ether oxygens (including phenoxy) is 1. The van der Waals surface area contributed by atoms with E-state index in [1.165, 1.54) is 83.5 Å². The Labute approximate surface area is 523 Å². The first-order valence-corrected chi connectivity index (χ1v) is 35.7. The molecule has 0 spiro atoms. The van der Waals surface area contributed by atoms with Crippen LogP contribution >= 0.6 is 7.82 Å². The maximum absolute atomic E-state index is 13.6. The average Bonchev–Trinajstić information content (AvgIpc) is 3.53. The van der Waals surface area contributed by atoms with Gasteiger partial charge in [-0.1, -0.05) is 270 Å². The Hall–Kier alpha value is -4.11. The van der Waals surface area contributed by atoms with Crippen LogP contribution < -0.4 is 5.32 Å². The summed E-state index contributed by atoms with van der Waals surface area (Å²) in [6.07, 6.45) is 91.4. The fraction of sp³-hybridized carbons (Fsp3) is 0.653. The molecule has 0 aliphatic carbocycles. The van der Waals surface area contributed by atoms with Crippen LogP contribution in [0.2, 0.25) is 0 Å². The molecule has 0 bridgehead atoms. The zero-order chi connectivity index (χ0) is 62.1. The summed E-state index contributed by atoms with van der Waals surface area (Å²) in [6, 6.07) is -0.879. The summed E-state index contributed by atoms with van der Waals surface area (Å²) < 4.78 is 30.8. The van der Waals surface area contributed by atoms with Crippen molar-refractivity contribution in [2.24, 2.45) is 0 Å². The smallest absolute Gasteiger partial charge is 0.456 e. The third kappa shape index (κ3) is 64.2. The van der Waals surface area contributed by atoms with Crippen LogP contribution in [-0.2, 0) is 27.9 Å². The molecule has 10 heteroatoms. The normalized spacial score (nSPS) is 14.5. The maximum Gasteiger partial charge on any atom is 0.472 e. The van der Waals surface area contributed by atoms with Gasteiger partial charge in [-0.3, -0.25) is 18.6 Å². The van der Waals surface area contributed by atoms with Gasteiger partial charge in [0.1, 0.15) is 19.3 Å². The van der Waals surface area contributed by atoms with Gasteiger partial charge in [0.05, 0.1) is 33.8 Å². The number of unbranched alkanes of at least 4 members (excludes halogenated alkanes) is 22. The monoisotopic (exact) mass is 1200 g/mol. The van der Waals surface area contributed by atoms with Gasteiger partial charge >= 0.3 is 13.8 Å². The minimum Gasteiger partial charge on any atom is -0.456 e. The van der Waals surface area contributed by atoms with E-state index in [0.29, 0.717) is 23.9 Å². The van der Waals surface area contributed by atoms with Crippen LogP contribution in [0.1, 0.15) is 265 Å². The summed E-state index contributed by atoms with van der Waals surface area (Å²) in [5, 5.41) is 3.05. The molecule has 0 rings (SSSR count). The molecule has 0 aliphatic rings. The number of amides is 1. The molecule has 0 aromatic carbocycles. The Morgan fingerprint density at radius 1 is 0.424 bits per heavy atom. The predicted molar refractivity (Wildman–Crippen MR) is 369 cm³/mol. The van der Waals surface area contributed by atoms with E-state index in [9.17, 15) is 19.0 Å². The summed E-state index contributed by atoms with van der Waals surface area (Å²) in [5.41, 5.74) is 0. The van der Waals surface area contributed by atoms with Crippen molar-refractivity contribution in [3.05, 3.63) is 146 Å². The third-order valence-corrected chi connectivity index (χ3v) is 15.3. The van der Waals surface area contributed by atoms with Gasteiger partial charge < -0.3 is 19.4 Å². The van der Waals surface area contributed by atoms with E-state index in [1.807, 2.05) is 33.3 Å². The number of quaternary nitrogens is 1. The van der Waals surface area contributed by atoms with Crippen LogP contribution in [0.4, 0.5) is 0 Å². The highest BCUT2D eigenvalue weighted by Crippen LogP contribution is 2.43. The second-order valence-corrected chi connectivity index (χ2v) is 25.0. The highest BCUT2D eigenvalue weighted by atomic mass is 31.2. The number of hydrogen-bond donors (Lipinski definition) is 2. The molecule has 0 saturated heterocycles. The van der Waals surface area contributed by atoms with Crippen molar-refractivity contribution in [2.75, 3.05) is 40.9 Å². The molecule has 0 aromatic rings. The summed E-state index contributed by atoms with van der Waals surface area (Å²) in [4.78, 5) is 37.9. The van der Waals surface area contributed by atoms with Crippen LogP contribution in [0.5, 0.6) is 0 Å². The lowest BCUT2D eigenvalue weighted by molar-refractivity contribution is -0.870. The minimum atomic E-state index is -4.48. The average molecular weight is 1200 g/mol. The lowest BCUT2D eigenvalue weighted by atomic mass is 10.0. The molecule has 0 aromatic heterocycles. The first-order chi connectivity index (χ1) is 41.4. The number of carbonyl (C=O) groups excluding carboxylic acids is 2. The Kier molecular flexibility index (Phi) is 59.9. The number of carbonyl (C=O) groups is 2. The molecule has 0 aliphatic heterocycles. The highest BCUT2D eigenvalue weighted by molar-refractivity contribution is 7.47. The Balaban J connectivity index is 5.23. The van der Waals surface area contributed by atoms with Crippen molar-refractivity contribution in [2.45, 2.75) is 277 Å². The first kappa shape index (κ1) is 80.9. The topological polar surface area (TPSA) is 111 Å². The van der Waals surface area contributed by atoms with E-state index in [0.717, 1.165) is 141 Å². The van der Waals surface area contributed by atoms with Crippen molar-refractivity contribution in [3.63, 3.8) is 0 Å². The van der Waals surface area contributed by atoms with Crippen LogP contribution in [-0.4, -0.2) is 74.3 Å². The molecule has 0 radical (unpaired) electrons. The number of allylic oxidation sites excluding steroid dienone is 23. The van der Waals surface area contributed by atoms with Crippen LogP contribution in [0.25, 0.3) is 0 Å². The van der Waals surface area contributed by atoms with Gasteiger partial charge in [0.2, 0.25) is 5.91 Å². The number of phosphoric acid groups is 1. The molecule has 3 atom stereocenters. The second-order valence-electron chi connectivity index (χ2n) is 23.6. The van der Waals surface area contributed by atoms with Gasteiger partial charge in [0, 0.05) is 12.8 Å². The molecule has 0 saturated carbocycles. The van der Waals surface area contributed by atoms with E-state index in [2.05, 4.69) is 160 Å². The Morgan fingerprint density at radius 2 is 0.753 bits per heavy atom. The van der Waals surface area contributed by atoms with Gasteiger partial charge in [-0.2, -0.15) is 0 Å². The summed E-state index contributed by atoms with van der Waals surface area (Å²) >= 11 is 0. The largest absolute Gasteiger partial charge is 0.472 e. The number of rotatable bonds is 60. The maximum atomic E-state index is 13.6. The number of phosphoric ester groups is 1. The van der Waals surface area contributed by atoms with Crippen molar-refractivity contribution >= 4 is 19.7 Å². The van der Waals surface area contributed by atoms with E-state index >= 15 is 0 Å². The molecule has 2 N–H and O–H groups in total. The van der Waals surface area contributed by atoms with Gasteiger partial charge in [-0.25, -0.2) is 4.57 Å². The van der Waals surface area contributed by atoms with E-state index < -0.39 is 20.0 Å². The van der Waals surface area contributed by atoms with Crippen molar-refractivity contribution in [1.29, 1.82) is 0 Å². The SMILES string of the molecule is CC/C=C\C/C=C\C/C=C\C/C=C\C/C=C\C/C=C\CCCCCCCCCCC(=O)NC(COP(=O)(O)OCC[N+](C)(C)C)C(/C=C\CCCCCCCCCCCCC)OC(=O)CCCCC/C=C\C/C=C\C/C=C\C/C=C\C/C=C\CC. The fourth-order valence-electron chi connectivity index (χ4n) is 9.09. The summed E-state index contributed by atoms with van der Waals surface area (Å²) in [5.74, 6) is -0.560. The fourth-order valence-corrected chi connectivity index (χ4v) is 9.82. The predicted octanol–water partition coefficient (Wildman–Crippen LogP) is 21.8. The molecule has 484 valence electrons. The first-order valence-electron chi connectivity index (χ1n) is 34.2. The Bertz CT molecular complexity index is 1960. The highest BCUT2D eigenvalue weighted by Gasteiger charge is 2.30. The van der Waals surface area contributed by atoms with Crippen LogP contribution in [0, 0.1) is 0 Å². The van der Waals surface area contributed by atoms with Gasteiger partial charge in [0.25, 0.3) is 0 Å². The molecule has 0 fully saturated rings. The molecule has 1 amide bonds. The summed E-state index contributed by atoms with van der Waals surface area (Å²) in [6.45, 7) is 6.75. The lowest BCUT2D eigenvalue weighted by Gasteiger charge is -2.27. The molecular formula is C75H128N2O7P+. The number of esters is 1. The Morgan fingerprint density at radius 3 is 1.14 bits per heavy atom. The van der Waals surface area contributed by atoms with Gasteiger partial charge in [-0.15, -0.1) is 0 Å². The number of nitrogens with zero attached hydrogens (tertiary/aromatic N) is 1. The minimum absolute atomic E-state index is 0.0248. The molecule has 85 heavy (non-hydrogen) atoms. The number of likely N-dealkylation sites (N-methyl/N-ethyl adjacent to an activating group) is 1. The van der Waals surface area contributed by atoms with Gasteiger partial charge in [-0.05, 0) is 128 Å². The second kappa shape index (κ2) is 62.9. The van der Waals surface area contributed by atoms with E-state index in [1.54, 1.807) is 0 Å². The van der Waals surface area contributed by atoms with Crippen molar-refractivity contribution in [1.82, 2.24) is 5.32 Å². The summed E-state index contributed by atoms with van der Waals surface area (Å²) in [7, 11) is 1.45. The molecule has 0 heterocycles. The standard InChI is InChI=1S/C75H127N2O7P/c1-7-10-13-16-19-22-25-28-30-32-34-35-36-37-38-39-40-41-43-44-46-49-52-55-58-61-64-67-74(78)76-72(71-83-85(80,81)82-70-69-77(4,5)6)73(66-63-60-57-54-51-48-27-24-21-18-15-12-9-3)84-75(79)68-65-62-59-56-53-50-47-45-42-33-31-29-26-23-20-17-14-11-8-2/h10-11,13-14,19-20,22-23,28-31,34-35,37-38,40-42,45,50,53,63,66,72-73H,7-9,12,15-18,21,24-27,32-33,36,39,43-44,46-49,51-52,54-62,64-65,67-71H2,1-6H3,(H-,76,78,80,81)/p+1/b13-10-,14-11-,22-19-,23-20-,30-28-,31-29-,35-34-,38-37-,41-40-,45-42-,53-50-,66-63-. The van der Waals surface area contributed by atoms with Crippen molar-refractivity contribution in [3.8, 4) is 0 Å². The zero-order valence-corrected chi connectivity index (χ0v) is 56.2. The molecule has 3 unspecified atom stereocenters. The van der Waals surface area contributed by atoms with E-state index in [-0.39, 0.29) is 31.5 Å². The molecule has 9 nitrogen and oxygen atoms in total. The van der Waals surface area contributed by atoms with Crippen LogP contribution in [0.3, 0.4) is 0 Å². The quantitative estimate of drug-likeness (QED) is 0.0205. The number of nitrogens with one attached hydrogen (secondary N) is 1. The van der Waals surface area contributed by atoms with Crippen molar-refractivity contribution < 1.29 is 37.3 Å². The van der Waals surface area contributed by atoms with Crippen LogP contribution in [0.15, 0.2) is 146 Å². The van der Waals surface area contributed by atoms with E-state index in [4.69, 9.17) is 13.8 Å². The zero-order valence-electron chi connectivity index (χ0n) is 55.3. The third-order valence-electron chi connectivity index (χ3n) is 14.3. The lowest BCUT2D eigenvalue weighted by Crippen LogP contribution is -2.47.